The number of aromatic nitrogens is 2. The zero-order chi connectivity index (χ0) is 19.1. The van der Waals surface area contributed by atoms with E-state index in [0.717, 1.165) is 31.0 Å². The molecular formula is C21H29N3O2. The Kier molecular flexibility index (Phi) is 4.82. The van der Waals surface area contributed by atoms with Gasteiger partial charge in [0.1, 0.15) is 17.3 Å². The topological polar surface area (TPSA) is 56.1 Å². The summed E-state index contributed by atoms with van der Waals surface area (Å²) < 4.78 is 7.62. The van der Waals surface area contributed by atoms with Crippen LogP contribution < -0.4 is 10.1 Å². The van der Waals surface area contributed by atoms with Crippen molar-refractivity contribution < 1.29 is 9.53 Å². The van der Waals surface area contributed by atoms with E-state index in [1.54, 1.807) is 7.11 Å². The van der Waals surface area contributed by atoms with Crippen LogP contribution in [0.4, 0.5) is 0 Å². The van der Waals surface area contributed by atoms with Gasteiger partial charge >= 0.3 is 0 Å². The fraction of sp³-hybridized carbons (Fsp3) is 0.524. The van der Waals surface area contributed by atoms with E-state index in [2.05, 4.69) is 40.8 Å². The average molecular weight is 355 g/mol. The van der Waals surface area contributed by atoms with Crippen molar-refractivity contribution in [1.82, 2.24) is 14.9 Å². The lowest BCUT2D eigenvalue weighted by Crippen LogP contribution is -2.40. The van der Waals surface area contributed by atoms with Crippen LogP contribution in [-0.4, -0.2) is 28.1 Å². The normalized spacial score (nSPS) is 16.9. The molecule has 1 aromatic heterocycles. The molecule has 1 aliphatic heterocycles. The molecule has 2 heterocycles. The van der Waals surface area contributed by atoms with E-state index in [1.807, 2.05) is 27.0 Å². The number of fused-ring (bicyclic) bond motifs is 1. The second kappa shape index (κ2) is 6.78. The monoisotopic (exact) mass is 355 g/mol. The molecule has 1 amide bonds. The molecular weight excluding hydrogens is 326 g/mol. The van der Waals surface area contributed by atoms with Gasteiger partial charge in [-0.1, -0.05) is 12.1 Å². The highest BCUT2D eigenvalue weighted by Gasteiger charge is 2.25. The van der Waals surface area contributed by atoms with Crippen molar-refractivity contribution in [3.8, 4) is 5.75 Å². The number of carbonyl (C=O) groups is 1. The van der Waals surface area contributed by atoms with Gasteiger partial charge in [-0.2, -0.15) is 0 Å². The van der Waals surface area contributed by atoms with E-state index in [1.165, 1.54) is 16.7 Å². The Balaban J connectivity index is 1.81. The molecule has 1 N–H and O–H groups in total. The van der Waals surface area contributed by atoms with Crippen molar-refractivity contribution in [2.45, 2.75) is 65.5 Å². The molecule has 1 unspecified atom stereocenters. The minimum absolute atomic E-state index is 0.105. The maximum absolute atomic E-state index is 12.4. The van der Waals surface area contributed by atoms with Crippen molar-refractivity contribution in [3.05, 3.63) is 46.5 Å². The molecule has 0 fully saturated rings. The van der Waals surface area contributed by atoms with Gasteiger partial charge in [-0.15, -0.1) is 0 Å². The number of hydrogen-bond acceptors (Lipinski definition) is 3. The first-order valence-electron chi connectivity index (χ1n) is 9.21. The number of carbonyl (C=O) groups excluding carboxylic acids is 1. The second-order valence-electron chi connectivity index (χ2n) is 8.32. The Bertz CT molecular complexity index is 807. The van der Waals surface area contributed by atoms with Gasteiger partial charge in [0, 0.05) is 30.6 Å². The maximum Gasteiger partial charge on any atom is 0.271 e. The number of nitrogens with zero attached hydrogens (tertiary/aromatic N) is 2. The Morgan fingerprint density at radius 3 is 2.50 bits per heavy atom. The molecule has 1 aromatic carbocycles. The predicted molar refractivity (Wildman–Crippen MR) is 103 cm³/mol. The summed E-state index contributed by atoms with van der Waals surface area (Å²) in [6.45, 7) is 11.0. The van der Waals surface area contributed by atoms with E-state index in [-0.39, 0.29) is 11.4 Å². The Morgan fingerprint density at radius 1 is 1.27 bits per heavy atom. The number of nitrogens with one attached hydrogen (secondary N) is 1. The quantitative estimate of drug-likeness (QED) is 0.912. The molecule has 1 atom stereocenters. The lowest BCUT2D eigenvalue weighted by Gasteiger charge is -2.25. The van der Waals surface area contributed by atoms with E-state index in [4.69, 9.17) is 4.74 Å². The van der Waals surface area contributed by atoms with Crippen LogP contribution in [0.25, 0.3) is 0 Å². The first-order valence-corrected chi connectivity index (χ1v) is 9.21. The molecule has 26 heavy (non-hydrogen) atoms. The third-order valence-corrected chi connectivity index (χ3v) is 4.87. The van der Waals surface area contributed by atoms with E-state index < -0.39 is 0 Å². The molecule has 0 bridgehead atoms. The van der Waals surface area contributed by atoms with E-state index in [0.29, 0.717) is 11.6 Å². The third-order valence-electron chi connectivity index (χ3n) is 4.87. The Labute approximate surface area is 155 Å². The molecule has 0 spiro atoms. The van der Waals surface area contributed by atoms with Crippen LogP contribution in [0.5, 0.6) is 5.75 Å². The molecule has 1 aliphatic rings. The van der Waals surface area contributed by atoms with Gasteiger partial charge in [0.2, 0.25) is 0 Å². The minimum Gasteiger partial charge on any atom is -0.496 e. The summed E-state index contributed by atoms with van der Waals surface area (Å²) in [7, 11) is 1.72. The predicted octanol–water partition coefficient (Wildman–Crippen LogP) is 3.77. The number of amides is 1. The first-order chi connectivity index (χ1) is 12.2. The number of ether oxygens (including phenoxy) is 1. The molecule has 5 heteroatoms. The summed E-state index contributed by atoms with van der Waals surface area (Å²) in [5, 5.41) is 2.99. The summed E-state index contributed by atoms with van der Waals surface area (Å²) in [4.78, 5) is 16.9. The number of methoxy groups -OCH3 is 1. The number of rotatable bonds is 3. The molecule has 2 aromatic rings. The minimum atomic E-state index is -0.262. The van der Waals surface area contributed by atoms with Gasteiger partial charge in [-0.3, -0.25) is 4.79 Å². The molecule has 0 saturated carbocycles. The maximum atomic E-state index is 12.4. The van der Waals surface area contributed by atoms with Crippen molar-refractivity contribution in [2.75, 3.05) is 7.11 Å². The summed E-state index contributed by atoms with van der Waals surface area (Å²) in [6.07, 6.45) is 3.83. The van der Waals surface area contributed by atoms with Crippen molar-refractivity contribution >= 4 is 5.91 Å². The van der Waals surface area contributed by atoms with Gasteiger partial charge < -0.3 is 14.6 Å². The Morgan fingerprint density at radius 2 is 1.92 bits per heavy atom. The highest BCUT2D eigenvalue weighted by atomic mass is 16.5. The first kappa shape index (κ1) is 18.5. The highest BCUT2D eigenvalue weighted by molar-refractivity contribution is 5.92. The van der Waals surface area contributed by atoms with Gasteiger partial charge in [0.15, 0.2) is 0 Å². The van der Waals surface area contributed by atoms with Gasteiger partial charge in [0.05, 0.1) is 7.11 Å². The summed E-state index contributed by atoms with van der Waals surface area (Å²) in [6, 6.07) is 4.46. The van der Waals surface area contributed by atoms with Crippen LogP contribution >= 0.6 is 0 Å². The fourth-order valence-corrected chi connectivity index (χ4v) is 3.77. The highest BCUT2D eigenvalue weighted by Crippen LogP contribution is 2.33. The van der Waals surface area contributed by atoms with Crippen molar-refractivity contribution in [2.24, 2.45) is 0 Å². The molecule has 140 valence electrons. The van der Waals surface area contributed by atoms with E-state index >= 15 is 0 Å². The SMILES string of the molecule is COc1c(C)cc(C2CCc3nc(C(=O)NC(C)(C)C)cn3C2)cc1C. The lowest BCUT2D eigenvalue weighted by molar-refractivity contribution is 0.0914. The van der Waals surface area contributed by atoms with Gasteiger partial charge in [-0.05, 0) is 57.7 Å². The van der Waals surface area contributed by atoms with Crippen LogP contribution in [0.3, 0.4) is 0 Å². The van der Waals surface area contributed by atoms with Crippen LogP contribution in [0.15, 0.2) is 18.3 Å². The second-order valence-corrected chi connectivity index (χ2v) is 8.32. The van der Waals surface area contributed by atoms with Gasteiger partial charge in [0.25, 0.3) is 5.91 Å². The molecule has 5 nitrogen and oxygen atoms in total. The number of aryl methyl sites for hydroxylation is 3. The summed E-state index contributed by atoms with van der Waals surface area (Å²) in [5.74, 6) is 2.29. The third kappa shape index (κ3) is 3.76. The summed E-state index contributed by atoms with van der Waals surface area (Å²) in [5.41, 5.74) is 3.92. The largest absolute Gasteiger partial charge is 0.496 e. The van der Waals surface area contributed by atoms with E-state index in [9.17, 15) is 4.79 Å². The summed E-state index contributed by atoms with van der Waals surface area (Å²) >= 11 is 0. The van der Waals surface area contributed by atoms with Gasteiger partial charge in [-0.25, -0.2) is 4.98 Å². The standard InChI is InChI=1S/C21H29N3O2/c1-13-9-16(10-14(2)19(13)26-6)15-7-8-18-22-17(12-24(18)11-15)20(25)23-21(3,4)5/h9-10,12,15H,7-8,11H2,1-6H3,(H,23,25). The molecule has 0 aliphatic carbocycles. The molecule has 3 rings (SSSR count). The van der Waals surface area contributed by atoms with Crippen molar-refractivity contribution in [1.29, 1.82) is 0 Å². The van der Waals surface area contributed by atoms with Crippen LogP contribution in [-0.2, 0) is 13.0 Å². The average Bonchev–Trinajstić information content (AvgIpc) is 2.96. The zero-order valence-corrected chi connectivity index (χ0v) is 16.6. The molecule has 0 saturated heterocycles. The zero-order valence-electron chi connectivity index (χ0n) is 16.6. The molecule has 0 radical (unpaired) electrons. The van der Waals surface area contributed by atoms with Crippen LogP contribution in [0, 0.1) is 13.8 Å². The van der Waals surface area contributed by atoms with Crippen LogP contribution in [0.2, 0.25) is 0 Å². The van der Waals surface area contributed by atoms with Crippen LogP contribution in [0.1, 0.15) is 66.1 Å². The number of benzene rings is 1. The van der Waals surface area contributed by atoms with Crippen molar-refractivity contribution in [3.63, 3.8) is 0 Å². The number of hydrogen-bond donors (Lipinski definition) is 1. The lowest BCUT2D eigenvalue weighted by atomic mass is 9.89. The smallest absolute Gasteiger partial charge is 0.271 e. The number of imidazole rings is 1. The Hall–Kier alpha value is -2.30. The fourth-order valence-electron chi connectivity index (χ4n) is 3.77.